The fourth-order valence-electron chi connectivity index (χ4n) is 3.16. The van der Waals surface area contributed by atoms with Crippen molar-refractivity contribution >= 4 is 17.1 Å². The number of benzene rings is 1. The van der Waals surface area contributed by atoms with E-state index in [2.05, 4.69) is 21.9 Å². The van der Waals surface area contributed by atoms with Crippen LogP contribution in [0.4, 0.5) is 0 Å². The second-order valence-electron chi connectivity index (χ2n) is 6.49. The fraction of sp³-hybridized carbons (Fsp3) is 0.368. The molecule has 0 aliphatic heterocycles. The van der Waals surface area contributed by atoms with Crippen molar-refractivity contribution in [3.05, 3.63) is 40.2 Å². The SMILES string of the molecule is CCC[C@@H](C)c1nc(C(N)=O)c2[nH]c(=O)n(-c3ccc(OC)cc3OC)c2n1. The summed E-state index contributed by atoms with van der Waals surface area (Å²) in [7, 11) is 3.04. The van der Waals surface area contributed by atoms with E-state index in [0.717, 1.165) is 12.8 Å². The van der Waals surface area contributed by atoms with Crippen LogP contribution in [-0.2, 0) is 0 Å². The van der Waals surface area contributed by atoms with Crippen LogP contribution in [0.25, 0.3) is 16.9 Å². The van der Waals surface area contributed by atoms with Gasteiger partial charge in [-0.3, -0.25) is 4.79 Å². The molecule has 9 heteroatoms. The van der Waals surface area contributed by atoms with Crippen molar-refractivity contribution in [3.8, 4) is 17.2 Å². The van der Waals surface area contributed by atoms with E-state index in [4.69, 9.17) is 15.2 Å². The number of nitrogens with zero attached hydrogens (tertiary/aromatic N) is 3. The van der Waals surface area contributed by atoms with Gasteiger partial charge in [-0.2, -0.15) is 0 Å². The van der Waals surface area contributed by atoms with Crippen molar-refractivity contribution in [1.29, 1.82) is 0 Å². The molecule has 3 rings (SSSR count). The predicted molar refractivity (Wildman–Crippen MR) is 104 cm³/mol. The summed E-state index contributed by atoms with van der Waals surface area (Å²) in [5, 5.41) is 0. The molecule has 0 aliphatic rings. The molecule has 0 spiro atoms. The lowest BCUT2D eigenvalue weighted by Crippen LogP contribution is -2.17. The van der Waals surface area contributed by atoms with Crippen LogP contribution in [0, 0.1) is 0 Å². The van der Waals surface area contributed by atoms with Crippen LogP contribution in [-0.4, -0.2) is 39.6 Å². The first-order valence-corrected chi connectivity index (χ1v) is 8.96. The lowest BCUT2D eigenvalue weighted by Gasteiger charge is -2.13. The molecule has 3 N–H and O–H groups in total. The van der Waals surface area contributed by atoms with E-state index in [1.807, 2.05) is 6.92 Å². The zero-order chi connectivity index (χ0) is 20.4. The Hall–Kier alpha value is -3.36. The van der Waals surface area contributed by atoms with E-state index in [-0.39, 0.29) is 22.8 Å². The summed E-state index contributed by atoms with van der Waals surface area (Å²) in [6.45, 7) is 4.02. The molecule has 0 fully saturated rings. The number of ether oxygens (including phenoxy) is 2. The number of amides is 1. The van der Waals surface area contributed by atoms with E-state index >= 15 is 0 Å². The standard InChI is InChI=1S/C19H23N5O4/c1-5-6-10(2)17-21-14(16(20)25)15-18(23-17)24(19(26)22-15)12-8-7-11(27-3)9-13(12)28-4/h7-10H,5-6H2,1-4H3,(H2,20,25)(H,22,26)/t10-/m1/s1. The summed E-state index contributed by atoms with van der Waals surface area (Å²) >= 11 is 0. The molecule has 1 aromatic carbocycles. The molecule has 0 saturated heterocycles. The number of fused-ring (bicyclic) bond motifs is 1. The van der Waals surface area contributed by atoms with Gasteiger partial charge in [-0.05, 0) is 18.6 Å². The number of carbonyl (C=O) groups is 1. The van der Waals surface area contributed by atoms with Crippen LogP contribution in [0.1, 0.15) is 48.9 Å². The van der Waals surface area contributed by atoms with Gasteiger partial charge in [-0.15, -0.1) is 0 Å². The number of carbonyl (C=O) groups excluding carboxylic acids is 1. The second-order valence-corrected chi connectivity index (χ2v) is 6.49. The number of aromatic amines is 1. The van der Waals surface area contributed by atoms with Crippen molar-refractivity contribution in [3.63, 3.8) is 0 Å². The van der Waals surface area contributed by atoms with Gasteiger partial charge in [0.2, 0.25) is 0 Å². The molecule has 2 heterocycles. The first-order chi connectivity index (χ1) is 13.4. The third-order valence-corrected chi connectivity index (χ3v) is 4.58. The van der Waals surface area contributed by atoms with E-state index in [9.17, 15) is 9.59 Å². The molecule has 148 valence electrons. The Morgan fingerprint density at radius 1 is 1.29 bits per heavy atom. The maximum Gasteiger partial charge on any atom is 0.332 e. The van der Waals surface area contributed by atoms with Gasteiger partial charge in [0.1, 0.15) is 22.8 Å². The topological polar surface area (TPSA) is 125 Å². The number of H-pyrrole nitrogens is 1. The zero-order valence-electron chi connectivity index (χ0n) is 16.3. The summed E-state index contributed by atoms with van der Waals surface area (Å²) in [5.74, 6) is 0.738. The van der Waals surface area contributed by atoms with Crippen LogP contribution in [0.15, 0.2) is 23.0 Å². The molecule has 0 unspecified atom stereocenters. The van der Waals surface area contributed by atoms with Crippen molar-refractivity contribution in [2.75, 3.05) is 14.2 Å². The number of hydrogen-bond donors (Lipinski definition) is 2. The molecule has 9 nitrogen and oxygen atoms in total. The molecule has 28 heavy (non-hydrogen) atoms. The molecule has 1 atom stereocenters. The Morgan fingerprint density at radius 3 is 2.64 bits per heavy atom. The van der Waals surface area contributed by atoms with Crippen molar-refractivity contribution in [2.24, 2.45) is 5.73 Å². The number of imidazole rings is 1. The van der Waals surface area contributed by atoms with Gasteiger partial charge in [0.15, 0.2) is 11.3 Å². The van der Waals surface area contributed by atoms with Crippen LogP contribution in [0.5, 0.6) is 11.5 Å². The molecule has 0 saturated carbocycles. The van der Waals surface area contributed by atoms with Crippen molar-refractivity contribution < 1.29 is 14.3 Å². The van der Waals surface area contributed by atoms with Crippen LogP contribution < -0.4 is 20.9 Å². The fourth-order valence-corrected chi connectivity index (χ4v) is 3.16. The Kier molecular flexibility index (Phi) is 5.34. The lowest BCUT2D eigenvalue weighted by atomic mass is 10.1. The maximum atomic E-state index is 12.7. The Balaban J connectivity index is 2.34. The molecule has 0 radical (unpaired) electrons. The van der Waals surface area contributed by atoms with Gasteiger partial charge in [0, 0.05) is 12.0 Å². The summed E-state index contributed by atoms with van der Waals surface area (Å²) in [5.41, 5.74) is 5.96. The highest BCUT2D eigenvalue weighted by Crippen LogP contribution is 2.29. The highest BCUT2D eigenvalue weighted by molar-refractivity contribution is 6.01. The average Bonchev–Trinajstić information content (AvgIpc) is 3.02. The minimum absolute atomic E-state index is 0.00344. The van der Waals surface area contributed by atoms with Crippen LogP contribution >= 0.6 is 0 Å². The van der Waals surface area contributed by atoms with Crippen molar-refractivity contribution in [1.82, 2.24) is 19.5 Å². The number of rotatable bonds is 7. The van der Waals surface area contributed by atoms with E-state index in [0.29, 0.717) is 23.0 Å². The smallest absolute Gasteiger partial charge is 0.332 e. The predicted octanol–water partition coefficient (Wildman–Crippen LogP) is 2.13. The average molecular weight is 385 g/mol. The summed E-state index contributed by atoms with van der Waals surface area (Å²) < 4.78 is 12.0. The third kappa shape index (κ3) is 3.30. The second kappa shape index (κ2) is 7.71. The Morgan fingerprint density at radius 2 is 2.04 bits per heavy atom. The maximum absolute atomic E-state index is 12.7. The van der Waals surface area contributed by atoms with Gasteiger partial charge in [0.05, 0.1) is 19.9 Å². The monoisotopic (exact) mass is 385 g/mol. The summed E-state index contributed by atoms with van der Waals surface area (Å²) in [6.07, 6.45) is 1.77. The Labute approximate surface area is 161 Å². The number of primary amides is 1. The van der Waals surface area contributed by atoms with Gasteiger partial charge in [-0.1, -0.05) is 20.3 Å². The highest BCUT2D eigenvalue weighted by atomic mass is 16.5. The number of nitrogens with two attached hydrogens (primary N) is 1. The number of methoxy groups -OCH3 is 2. The minimum Gasteiger partial charge on any atom is -0.497 e. The number of nitrogens with one attached hydrogen (secondary N) is 1. The number of hydrogen-bond acceptors (Lipinski definition) is 6. The first kappa shape index (κ1) is 19.4. The highest BCUT2D eigenvalue weighted by Gasteiger charge is 2.22. The summed E-state index contributed by atoms with van der Waals surface area (Å²) in [6, 6.07) is 5.06. The van der Waals surface area contributed by atoms with Gasteiger partial charge >= 0.3 is 5.69 Å². The van der Waals surface area contributed by atoms with Crippen molar-refractivity contribution in [2.45, 2.75) is 32.6 Å². The van der Waals surface area contributed by atoms with E-state index in [1.54, 1.807) is 25.3 Å². The minimum atomic E-state index is -0.729. The molecule has 1 amide bonds. The number of aromatic nitrogens is 4. The van der Waals surface area contributed by atoms with Crippen LogP contribution in [0.2, 0.25) is 0 Å². The quantitative estimate of drug-likeness (QED) is 0.642. The van der Waals surface area contributed by atoms with Gasteiger partial charge < -0.3 is 20.2 Å². The largest absolute Gasteiger partial charge is 0.497 e. The lowest BCUT2D eigenvalue weighted by molar-refractivity contribution is 0.0996. The third-order valence-electron chi connectivity index (χ3n) is 4.58. The summed E-state index contributed by atoms with van der Waals surface area (Å²) in [4.78, 5) is 36.3. The molecular weight excluding hydrogens is 362 g/mol. The molecule has 2 aromatic heterocycles. The van der Waals surface area contributed by atoms with Gasteiger partial charge in [0.25, 0.3) is 5.91 Å². The molecular formula is C19H23N5O4. The Bertz CT molecular complexity index is 1090. The van der Waals surface area contributed by atoms with E-state index < -0.39 is 11.6 Å². The normalized spacial score (nSPS) is 12.1. The van der Waals surface area contributed by atoms with E-state index in [1.165, 1.54) is 11.7 Å². The first-order valence-electron chi connectivity index (χ1n) is 8.96. The van der Waals surface area contributed by atoms with Crippen LogP contribution in [0.3, 0.4) is 0 Å². The molecule has 0 bridgehead atoms. The molecule has 0 aliphatic carbocycles. The molecule has 3 aromatic rings. The zero-order valence-corrected chi connectivity index (χ0v) is 16.3. The van der Waals surface area contributed by atoms with Gasteiger partial charge in [-0.25, -0.2) is 19.3 Å².